The van der Waals surface area contributed by atoms with Crippen molar-refractivity contribution >= 4 is 11.5 Å². The van der Waals surface area contributed by atoms with Crippen molar-refractivity contribution in [2.45, 2.75) is 32.1 Å². The number of nitrogens with zero attached hydrogens (tertiary/aromatic N) is 1. The molecule has 3 nitrogen and oxygen atoms in total. The van der Waals surface area contributed by atoms with Gasteiger partial charge in [0.05, 0.1) is 11.6 Å². The summed E-state index contributed by atoms with van der Waals surface area (Å²) in [6.45, 7) is 1.98. The molecule has 3 rings (SSSR count). The number of carbonyl (C=O) groups is 1. The number of rotatable bonds is 2. The van der Waals surface area contributed by atoms with E-state index in [4.69, 9.17) is 5.73 Å². The second kappa shape index (κ2) is 5.08. The summed E-state index contributed by atoms with van der Waals surface area (Å²) < 4.78 is 0. The van der Waals surface area contributed by atoms with Gasteiger partial charge in [0.2, 0.25) is 0 Å². The van der Waals surface area contributed by atoms with E-state index in [1.54, 1.807) is 6.20 Å². The fraction of sp³-hybridized carbons (Fsp3) is 0.294. The highest BCUT2D eigenvalue weighted by Crippen LogP contribution is 2.33. The van der Waals surface area contributed by atoms with Gasteiger partial charge >= 0.3 is 0 Å². The number of hydrogen-bond acceptors (Lipinski definition) is 3. The molecule has 0 aliphatic heterocycles. The maximum Gasteiger partial charge on any atom is 0.173 e. The normalized spacial score (nSPS) is 17.6. The first-order valence-electron chi connectivity index (χ1n) is 7.01. The zero-order valence-corrected chi connectivity index (χ0v) is 11.6. The Morgan fingerprint density at radius 2 is 2.20 bits per heavy atom. The summed E-state index contributed by atoms with van der Waals surface area (Å²) in [5, 5.41) is 0. The van der Waals surface area contributed by atoms with E-state index in [1.165, 1.54) is 5.56 Å². The Kier molecular flexibility index (Phi) is 3.26. The number of ketones is 1. The summed E-state index contributed by atoms with van der Waals surface area (Å²) in [6.07, 6.45) is 4.66. The monoisotopic (exact) mass is 266 g/mol. The Bertz CT molecular complexity index is 664. The van der Waals surface area contributed by atoms with Crippen LogP contribution in [-0.4, -0.2) is 10.8 Å². The number of fused-ring (bicyclic) bond motifs is 1. The molecular formula is C17H18N2O. The predicted molar refractivity (Wildman–Crippen MR) is 79.8 cm³/mol. The van der Waals surface area contributed by atoms with E-state index in [0.717, 1.165) is 30.5 Å². The first-order valence-corrected chi connectivity index (χ1v) is 7.01. The summed E-state index contributed by atoms with van der Waals surface area (Å²) in [7, 11) is 0. The van der Waals surface area contributed by atoms with E-state index < -0.39 is 0 Å². The summed E-state index contributed by atoms with van der Waals surface area (Å²) >= 11 is 0. The Balaban J connectivity index is 2.02. The van der Waals surface area contributed by atoms with Crippen LogP contribution in [0.2, 0.25) is 0 Å². The molecular weight excluding hydrogens is 248 g/mol. The lowest BCUT2D eigenvalue weighted by molar-refractivity contribution is 0.0949. The van der Waals surface area contributed by atoms with E-state index in [1.807, 2.05) is 31.2 Å². The van der Waals surface area contributed by atoms with Crippen LogP contribution in [0.5, 0.6) is 0 Å². The highest BCUT2D eigenvalue weighted by molar-refractivity contribution is 6.05. The number of aromatic nitrogens is 1. The standard InChI is InChI=1S/C17H18N2O/c1-11-7-8-15(18)14(10-11)17(20)13-6-2-4-12-5-3-9-19-16(12)13/h3,5,7-10,13H,2,4,6,18H2,1H3. The van der Waals surface area contributed by atoms with Gasteiger partial charge in [0, 0.05) is 17.4 Å². The molecule has 1 unspecified atom stereocenters. The van der Waals surface area contributed by atoms with Crippen LogP contribution in [0.1, 0.15) is 45.9 Å². The minimum absolute atomic E-state index is 0.103. The molecule has 1 aliphatic rings. The van der Waals surface area contributed by atoms with Crippen LogP contribution in [0.3, 0.4) is 0 Å². The molecule has 102 valence electrons. The topological polar surface area (TPSA) is 56.0 Å². The van der Waals surface area contributed by atoms with Crippen molar-refractivity contribution in [3.05, 3.63) is 58.9 Å². The third-order valence-electron chi connectivity index (χ3n) is 3.99. The van der Waals surface area contributed by atoms with Gasteiger partial charge in [-0.2, -0.15) is 0 Å². The molecule has 0 spiro atoms. The molecule has 1 heterocycles. The van der Waals surface area contributed by atoms with Crippen LogP contribution in [-0.2, 0) is 6.42 Å². The van der Waals surface area contributed by atoms with Crippen molar-refractivity contribution in [1.82, 2.24) is 4.98 Å². The molecule has 0 saturated heterocycles. The number of nitrogens with two attached hydrogens (primary N) is 1. The quantitative estimate of drug-likeness (QED) is 0.670. The van der Waals surface area contributed by atoms with Crippen molar-refractivity contribution in [3.63, 3.8) is 0 Å². The molecule has 0 saturated carbocycles. The highest BCUT2D eigenvalue weighted by Gasteiger charge is 2.29. The second-order valence-corrected chi connectivity index (χ2v) is 5.45. The van der Waals surface area contributed by atoms with E-state index in [9.17, 15) is 4.79 Å². The molecule has 1 aromatic heterocycles. The molecule has 20 heavy (non-hydrogen) atoms. The number of benzene rings is 1. The molecule has 0 bridgehead atoms. The Labute approximate surface area is 118 Å². The summed E-state index contributed by atoms with van der Waals surface area (Å²) in [6, 6.07) is 9.63. The highest BCUT2D eigenvalue weighted by atomic mass is 16.1. The first-order chi connectivity index (χ1) is 9.66. The molecule has 3 heteroatoms. The third kappa shape index (κ3) is 2.20. The zero-order valence-electron chi connectivity index (χ0n) is 11.6. The van der Waals surface area contributed by atoms with Crippen molar-refractivity contribution in [2.24, 2.45) is 0 Å². The summed E-state index contributed by atoms with van der Waals surface area (Å²) in [4.78, 5) is 17.3. The SMILES string of the molecule is Cc1ccc(N)c(C(=O)C2CCCc3cccnc32)c1. The molecule has 1 aliphatic carbocycles. The van der Waals surface area contributed by atoms with Gasteiger partial charge in [-0.05, 0) is 49.9 Å². The Morgan fingerprint density at radius 3 is 3.05 bits per heavy atom. The summed E-state index contributed by atoms with van der Waals surface area (Å²) in [5.41, 5.74) is 10.4. The number of pyridine rings is 1. The van der Waals surface area contributed by atoms with Crippen LogP contribution in [0.4, 0.5) is 5.69 Å². The Morgan fingerprint density at radius 1 is 1.35 bits per heavy atom. The van der Waals surface area contributed by atoms with Crippen molar-refractivity contribution < 1.29 is 4.79 Å². The number of aryl methyl sites for hydroxylation is 2. The number of anilines is 1. The average molecular weight is 266 g/mol. The minimum Gasteiger partial charge on any atom is -0.398 e. The fourth-order valence-corrected chi connectivity index (χ4v) is 2.94. The number of carbonyl (C=O) groups excluding carboxylic acids is 1. The molecule has 0 amide bonds. The number of Topliss-reactive ketones (excluding diaryl/α,β-unsaturated/α-hetero) is 1. The smallest absolute Gasteiger partial charge is 0.173 e. The van der Waals surface area contributed by atoms with Crippen LogP contribution in [0.25, 0.3) is 0 Å². The maximum absolute atomic E-state index is 12.8. The van der Waals surface area contributed by atoms with Gasteiger partial charge in [-0.1, -0.05) is 17.7 Å². The van der Waals surface area contributed by atoms with Gasteiger partial charge in [-0.15, -0.1) is 0 Å². The van der Waals surface area contributed by atoms with E-state index >= 15 is 0 Å². The second-order valence-electron chi connectivity index (χ2n) is 5.45. The number of hydrogen-bond donors (Lipinski definition) is 1. The molecule has 2 N–H and O–H groups in total. The van der Waals surface area contributed by atoms with Crippen LogP contribution < -0.4 is 5.73 Å². The van der Waals surface area contributed by atoms with Crippen LogP contribution in [0, 0.1) is 6.92 Å². The molecule has 0 fully saturated rings. The zero-order chi connectivity index (χ0) is 14.1. The first kappa shape index (κ1) is 12.9. The minimum atomic E-state index is -0.149. The molecule has 0 radical (unpaired) electrons. The average Bonchev–Trinajstić information content (AvgIpc) is 2.48. The lowest BCUT2D eigenvalue weighted by Crippen LogP contribution is -2.21. The molecule has 2 aromatic rings. The molecule has 1 aromatic carbocycles. The lowest BCUT2D eigenvalue weighted by Gasteiger charge is -2.23. The van der Waals surface area contributed by atoms with Gasteiger partial charge in [0.15, 0.2) is 5.78 Å². The predicted octanol–water partition coefficient (Wildman–Crippen LogP) is 3.28. The Hall–Kier alpha value is -2.16. The van der Waals surface area contributed by atoms with Crippen molar-refractivity contribution in [3.8, 4) is 0 Å². The van der Waals surface area contributed by atoms with Gasteiger partial charge in [0.1, 0.15) is 0 Å². The third-order valence-corrected chi connectivity index (χ3v) is 3.99. The van der Waals surface area contributed by atoms with Gasteiger partial charge in [-0.25, -0.2) is 0 Å². The van der Waals surface area contributed by atoms with E-state index in [2.05, 4.69) is 11.1 Å². The van der Waals surface area contributed by atoms with Crippen LogP contribution >= 0.6 is 0 Å². The number of nitrogen functional groups attached to an aromatic ring is 1. The fourth-order valence-electron chi connectivity index (χ4n) is 2.94. The summed E-state index contributed by atoms with van der Waals surface area (Å²) in [5.74, 6) is -0.0464. The van der Waals surface area contributed by atoms with E-state index in [0.29, 0.717) is 11.3 Å². The lowest BCUT2D eigenvalue weighted by atomic mass is 9.81. The van der Waals surface area contributed by atoms with E-state index in [-0.39, 0.29) is 11.7 Å². The van der Waals surface area contributed by atoms with Gasteiger partial charge in [0.25, 0.3) is 0 Å². The van der Waals surface area contributed by atoms with Crippen molar-refractivity contribution in [1.29, 1.82) is 0 Å². The van der Waals surface area contributed by atoms with Gasteiger partial charge < -0.3 is 5.73 Å². The van der Waals surface area contributed by atoms with Gasteiger partial charge in [-0.3, -0.25) is 9.78 Å². The molecule has 1 atom stereocenters. The largest absolute Gasteiger partial charge is 0.398 e. The van der Waals surface area contributed by atoms with Crippen LogP contribution in [0.15, 0.2) is 36.5 Å². The van der Waals surface area contributed by atoms with Crippen molar-refractivity contribution in [2.75, 3.05) is 5.73 Å². The maximum atomic E-state index is 12.8.